The maximum Gasteiger partial charge on any atom is 0.126 e. The van der Waals surface area contributed by atoms with E-state index in [0.717, 1.165) is 57.1 Å². The fourth-order valence-corrected chi connectivity index (χ4v) is 2.91. The summed E-state index contributed by atoms with van der Waals surface area (Å²) in [6.07, 6.45) is 3.33. The van der Waals surface area contributed by atoms with E-state index >= 15 is 0 Å². The van der Waals surface area contributed by atoms with Crippen molar-refractivity contribution >= 4 is 0 Å². The maximum atomic E-state index is 5.87. The van der Waals surface area contributed by atoms with Crippen molar-refractivity contribution in [2.45, 2.75) is 25.3 Å². The van der Waals surface area contributed by atoms with E-state index in [4.69, 9.17) is 14.2 Å². The minimum Gasteiger partial charge on any atom is -0.497 e. The van der Waals surface area contributed by atoms with E-state index in [0.29, 0.717) is 12.0 Å². The molecule has 1 atom stereocenters. The number of ether oxygens (including phenoxy) is 3. The summed E-state index contributed by atoms with van der Waals surface area (Å²) in [5.74, 6) is 2.40. The van der Waals surface area contributed by atoms with Crippen molar-refractivity contribution in [1.29, 1.82) is 0 Å². The van der Waals surface area contributed by atoms with Crippen LogP contribution in [0.2, 0.25) is 0 Å². The van der Waals surface area contributed by atoms with Crippen molar-refractivity contribution in [3.8, 4) is 11.5 Å². The molecular formula is C16H23NO3. The van der Waals surface area contributed by atoms with Crippen molar-refractivity contribution in [1.82, 2.24) is 5.32 Å². The highest BCUT2D eigenvalue weighted by atomic mass is 16.5. The predicted octanol–water partition coefficient (Wildman–Crippen LogP) is 2.01. The van der Waals surface area contributed by atoms with Gasteiger partial charge in [-0.3, -0.25) is 0 Å². The predicted molar refractivity (Wildman–Crippen MR) is 77.5 cm³/mol. The summed E-state index contributed by atoms with van der Waals surface area (Å²) in [5.41, 5.74) is 1.29. The van der Waals surface area contributed by atoms with Gasteiger partial charge in [-0.2, -0.15) is 0 Å². The highest BCUT2D eigenvalue weighted by molar-refractivity contribution is 5.42. The Balaban J connectivity index is 1.53. The van der Waals surface area contributed by atoms with Gasteiger partial charge in [-0.25, -0.2) is 0 Å². The summed E-state index contributed by atoms with van der Waals surface area (Å²) in [6.45, 7) is 3.59. The summed E-state index contributed by atoms with van der Waals surface area (Å²) >= 11 is 0. The van der Waals surface area contributed by atoms with Crippen LogP contribution in [0, 0.1) is 5.92 Å². The van der Waals surface area contributed by atoms with E-state index in [1.54, 1.807) is 7.11 Å². The van der Waals surface area contributed by atoms with Crippen LogP contribution >= 0.6 is 0 Å². The summed E-state index contributed by atoms with van der Waals surface area (Å²) in [4.78, 5) is 0. The molecule has 0 aromatic heterocycles. The molecule has 1 saturated heterocycles. The monoisotopic (exact) mass is 277 g/mol. The van der Waals surface area contributed by atoms with E-state index in [1.807, 2.05) is 12.1 Å². The zero-order chi connectivity index (χ0) is 13.8. The Hall–Kier alpha value is -1.26. The van der Waals surface area contributed by atoms with E-state index < -0.39 is 0 Å². The SMILES string of the molecule is COc1ccc2c(c1)OC[C@H](CNC1CCOCC1)C2. The van der Waals surface area contributed by atoms with E-state index in [-0.39, 0.29) is 0 Å². The first kappa shape index (κ1) is 13.7. The number of fused-ring (bicyclic) bond motifs is 1. The summed E-state index contributed by atoms with van der Waals surface area (Å²) in [5, 5.41) is 3.66. The van der Waals surface area contributed by atoms with Crippen LogP contribution < -0.4 is 14.8 Å². The van der Waals surface area contributed by atoms with Gasteiger partial charge in [0.2, 0.25) is 0 Å². The van der Waals surface area contributed by atoms with Crippen LogP contribution in [0.5, 0.6) is 11.5 Å². The maximum absolute atomic E-state index is 5.87. The Morgan fingerprint density at radius 3 is 2.95 bits per heavy atom. The third-order valence-electron chi connectivity index (χ3n) is 4.17. The first-order chi connectivity index (χ1) is 9.85. The molecule has 2 aliphatic rings. The molecule has 0 radical (unpaired) electrons. The molecule has 110 valence electrons. The molecule has 0 amide bonds. The number of rotatable bonds is 4. The highest BCUT2D eigenvalue weighted by Crippen LogP contribution is 2.30. The average Bonchev–Trinajstić information content (AvgIpc) is 2.53. The molecule has 4 heteroatoms. The third kappa shape index (κ3) is 3.25. The van der Waals surface area contributed by atoms with E-state index in [2.05, 4.69) is 11.4 Å². The molecule has 0 unspecified atom stereocenters. The molecule has 2 heterocycles. The molecule has 0 saturated carbocycles. The molecule has 4 nitrogen and oxygen atoms in total. The van der Waals surface area contributed by atoms with Crippen molar-refractivity contribution < 1.29 is 14.2 Å². The quantitative estimate of drug-likeness (QED) is 0.914. The van der Waals surface area contributed by atoms with Gasteiger partial charge in [0.15, 0.2) is 0 Å². The van der Waals surface area contributed by atoms with Gasteiger partial charge in [0, 0.05) is 37.8 Å². The Kier molecular flexibility index (Phi) is 4.43. The lowest BCUT2D eigenvalue weighted by molar-refractivity contribution is 0.0756. The van der Waals surface area contributed by atoms with Gasteiger partial charge >= 0.3 is 0 Å². The van der Waals surface area contributed by atoms with E-state index in [9.17, 15) is 0 Å². The average molecular weight is 277 g/mol. The number of hydrogen-bond donors (Lipinski definition) is 1. The first-order valence-electron chi connectivity index (χ1n) is 7.46. The van der Waals surface area contributed by atoms with Crippen LogP contribution in [0.3, 0.4) is 0 Å². The molecule has 2 aliphatic heterocycles. The molecule has 1 N–H and O–H groups in total. The van der Waals surface area contributed by atoms with Crippen molar-refractivity contribution in [3.63, 3.8) is 0 Å². The Labute approximate surface area is 120 Å². The van der Waals surface area contributed by atoms with Gasteiger partial charge < -0.3 is 19.5 Å². The summed E-state index contributed by atoms with van der Waals surface area (Å²) < 4.78 is 16.5. The van der Waals surface area contributed by atoms with Crippen molar-refractivity contribution in [2.24, 2.45) is 5.92 Å². The van der Waals surface area contributed by atoms with Crippen LogP contribution in [-0.4, -0.2) is 39.5 Å². The molecule has 1 aromatic rings. The van der Waals surface area contributed by atoms with Crippen LogP contribution in [0.4, 0.5) is 0 Å². The Morgan fingerprint density at radius 1 is 1.30 bits per heavy atom. The van der Waals surface area contributed by atoms with Crippen LogP contribution in [0.1, 0.15) is 18.4 Å². The first-order valence-corrected chi connectivity index (χ1v) is 7.46. The summed E-state index contributed by atoms with van der Waals surface area (Å²) in [7, 11) is 1.69. The standard InChI is InChI=1S/C16H23NO3/c1-18-15-3-2-13-8-12(11-20-16(13)9-15)10-17-14-4-6-19-7-5-14/h2-3,9,12,14,17H,4-8,10-11H2,1H3/t12-/m0/s1. The van der Waals surface area contributed by atoms with Crippen molar-refractivity contribution in [2.75, 3.05) is 33.5 Å². The van der Waals surface area contributed by atoms with Gasteiger partial charge in [0.05, 0.1) is 13.7 Å². The molecule has 20 heavy (non-hydrogen) atoms. The lowest BCUT2D eigenvalue weighted by Crippen LogP contribution is -2.40. The van der Waals surface area contributed by atoms with Crippen LogP contribution in [0.25, 0.3) is 0 Å². The second-order valence-corrected chi connectivity index (χ2v) is 5.65. The molecular weight excluding hydrogens is 254 g/mol. The minimum absolute atomic E-state index is 0.554. The number of methoxy groups -OCH3 is 1. The second kappa shape index (κ2) is 6.46. The highest BCUT2D eigenvalue weighted by Gasteiger charge is 2.22. The lowest BCUT2D eigenvalue weighted by Gasteiger charge is -2.29. The van der Waals surface area contributed by atoms with Gasteiger partial charge in [-0.05, 0) is 30.9 Å². The fourth-order valence-electron chi connectivity index (χ4n) is 2.91. The number of hydrogen-bond acceptors (Lipinski definition) is 4. The number of nitrogens with one attached hydrogen (secondary N) is 1. The largest absolute Gasteiger partial charge is 0.497 e. The molecule has 0 spiro atoms. The third-order valence-corrected chi connectivity index (χ3v) is 4.17. The second-order valence-electron chi connectivity index (χ2n) is 5.65. The lowest BCUT2D eigenvalue weighted by atomic mass is 9.96. The molecule has 3 rings (SSSR count). The van der Waals surface area contributed by atoms with E-state index in [1.165, 1.54) is 5.56 Å². The Morgan fingerprint density at radius 2 is 2.15 bits per heavy atom. The molecule has 0 bridgehead atoms. The molecule has 1 aromatic carbocycles. The smallest absolute Gasteiger partial charge is 0.126 e. The zero-order valence-corrected chi connectivity index (χ0v) is 12.1. The van der Waals surface area contributed by atoms with Crippen LogP contribution in [-0.2, 0) is 11.2 Å². The van der Waals surface area contributed by atoms with Crippen LogP contribution in [0.15, 0.2) is 18.2 Å². The van der Waals surface area contributed by atoms with Gasteiger partial charge in [0.1, 0.15) is 11.5 Å². The topological polar surface area (TPSA) is 39.7 Å². The zero-order valence-electron chi connectivity index (χ0n) is 12.1. The molecule has 1 fully saturated rings. The Bertz CT molecular complexity index is 443. The van der Waals surface area contributed by atoms with Gasteiger partial charge in [-0.15, -0.1) is 0 Å². The van der Waals surface area contributed by atoms with Gasteiger partial charge in [0.25, 0.3) is 0 Å². The van der Waals surface area contributed by atoms with Crippen molar-refractivity contribution in [3.05, 3.63) is 23.8 Å². The van der Waals surface area contributed by atoms with Gasteiger partial charge in [-0.1, -0.05) is 6.07 Å². The molecule has 0 aliphatic carbocycles. The normalized spacial score (nSPS) is 22.9. The minimum atomic E-state index is 0.554. The number of benzene rings is 1. The fraction of sp³-hybridized carbons (Fsp3) is 0.625. The summed E-state index contributed by atoms with van der Waals surface area (Å²) in [6, 6.07) is 6.73.